The summed E-state index contributed by atoms with van der Waals surface area (Å²) in [7, 11) is 0. The molecule has 3 nitrogen and oxygen atoms in total. The molecule has 0 radical (unpaired) electrons. The van der Waals surface area contributed by atoms with Crippen LogP contribution in [0.2, 0.25) is 0 Å². The van der Waals surface area contributed by atoms with Gasteiger partial charge in [0.05, 0.1) is 11.6 Å². The van der Waals surface area contributed by atoms with Crippen LogP contribution in [0.4, 0.5) is 0 Å². The fraction of sp³-hybridized carbons (Fsp3) is 0.273. The maximum absolute atomic E-state index is 5.60. The van der Waals surface area contributed by atoms with Gasteiger partial charge in [0.2, 0.25) is 0 Å². The largest absolute Gasteiger partial charge is 0.491 e. The number of nitrogens with zero attached hydrogens (tertiary/aromatic N) is 2. The lowest BCUT2D eigenvalue weighted by Gasteiger charge is -2.09. The Bertz CT molecular complexity index is 485. The van der Waals surface area contributed by atoms with Crippen molar-refractivity contribution in [2.75, 3.05) is 0 Å². The van der Waals surface area contributed by atoms with Crippen LogP contribution in [0.25, 0.3) is 10.9 Å². The summed E-state index contributed by atoms with van der Waals surface area (Å²) in [6.45, 7) is 4.02. The van der Waals surface area contributed by atoms with E-state index in [2.05, 4.69) is 32.6 Å². The average Bonchev–Trinajstić information content (AvgIpc) is 2.17. The molecular formula is C11H11IN2O. The van der Waals surface area contributed by atoms with E-state index in [1.165, 1.54) is 0 Å². The number of hydrogen-bond acceptors (Lipinski definition) is 3. The lowest BCUT2D eigenvalue weighted by molar-refractivity contribution is 0.242. The summed E-state index contributed by atoms with van der Waals surface area (Å²) in [6.07, 6.45) is 1.76. The number of halogens is 1. The van der Waals surface area contributed by atoms with Crippen LogP contribution in [-0.2, 0) is 0 Å². The molecule has 1 heterocycles. The monoisotopic (exact) mass is 314 g/mol. The summed E-state index contributed by atoms with van der Waals surface area (Å²) in [5.41, 5.74) is 0.924. The molecule has 78 valence electrons. The van der Waals surface area contributed by atoms with Crippen molar-refractivity contribution in [3.05, 3.63) is 28.2 Å². The van der Waals surface area contributed by atoms with Gasteiger partial charge < -0.3 is 4.74 Å². The standard InChI is InChI=1S/C11H11IN2O/c1-7(2)15-8-3-4-9-10(5-8)13-6-14-11(9)12/h3-7H,1-2H3. The molecule has 0 fully saturated rings. The van der Waals surface area contributed by atoms with Gasteiger partial charge in [-0.05, 0) is 48.6 Å². The Morgan fingerprint density at radius 1 is 1.27 bits per heavy atom. The molecule has 2 aromatic rings. The van der Waals surface area contributed by atoms with E-state index in [9.17, 15) is 0 Å². The second kappa shape index (κ2) is 4.30. The Hall–Kier alpha value is -0.910. The van der Waals surface area contributed by atoms with Crippen molar-refractivity contribution < 1.29 is 4.74 Å². The molecule has 0 aliphatic heterocycles. The Balaban J connectivity index is 2.48. The fourth-order valence-corrected chi connectivity index (χ4v) is 1.93. The zero-order valence-electron chi connectivity index (χ0n) is 8.57. The maximum Gasteiger partial charge on any atom is 0.121 e. The van der Waals surface area contributed by atoms with Gasteiger partial charge in [-0.25, -0.2) is 9.97 Å². The highest BCUT2D eigenvalue weighted by Gasteiger charge is 2.03. The maximum atomic E-state index is 5.60. The molecule has 0 N–H and O–H groups in total. The van der Waals surface area contributed by atoms with E-state index in [1.807, 2.05) is 32.0 Å². The molecule has 2 rings (SSSR count). The average molecular weight is 314 g/mol. The van der Waals surface area contributed by atoms with Crippen molar-refractivity contribution in [2.45, 2.75) is 20.0 Å². The van der Waals surface area contributed by atoms with E-state index in [-0.39, 0.29) is 6.10 Å². The quantitative estimate of drug-likeness (QED) is 0.631. The molecule has 0 saturated carbocycles. The van der Waals surface area contributed by atoms with Gasteiger partial charge in [-0.3, -0.25) is 0 Å². The molecule has 0 saturated heterocycles. The molecule has 1 aromatic heterocycles. The molecule has 0 aliphatic carbocycles. The Morgan fingerprint density at radius 2 is 2.07 bits per heavy atom. The number of ether oxygens (including phenoxy) is 1. The van der Waals surface area contributed by atoms with Gasteiger partial charge in [0, 0.05) is 11.5 Å². The predicted molar refractivity (Wildman–Crippen MR) is 68.0 cm³/mol. The summed E-state index contributed by atoms with van der Waals surface area (Å²) in [6, 6.07) is 5.89. The first-order chi connectivity index (χ1) is 7.16. The highest BCUT2D eigenvalue weighted by molar-refractivity contribution is 14.1. The minimum Gasteiger partial charge on any atom is -0.491 e. The molecule has 1 aromatic carbocycles. The number of fused-ring (bicyclic) bond motifs is 1. The normalized spacial score (nSPS) is 10.9. The van der Waals surface area contributed by atoms with Crippen molar-refractivity contribution in [3.63, 3.8) is 0 Å². The molecule has 4 heteroatoms. The molecule has 0 aliphatic rings. The van der Waals surface area contributed by atoms with E-state index >= 15 is 0 Å². The van der Waals surface area contributed by atoms with Gasteiger partial charge >= 0.3 is 0 Å². The highest BCUT2D eigenvalue weighted by Crippen LogP contribution is 2.22. The third-order valence-corrected chi connectivity index (χ3v) is 2.79. The van der Waals surface area contributed by atoms with Gasteiger partial charge in [0.1, 0.15) is 15.8 Å². The summed E-state index contributed by atoms with van der Waals surface area (Å²) in [5.74, 6) is 0.854. The van der Waals surface area contributed by atoms with Crippen molar-refractivity contribution in [3.8, 4) is 5.75 Å². The van der Waals surface area contributed by atoms with Crippen LogP contribution in [0.3, 0.4) is 0 Å². The fourth-order valence-electron chi connectivity index (χ4n) is 1.35. The SMILES string of the molecule is CC(C)Oc1ccc2c(I)ncnc2c1. The van der Waals surface area contributed by atoms with Gasteiger partial charge in [0.25, 0.3) is 0 Å². The third-order valence-electron chi connectivity index (χ3n) is 1.93. The topological polar surface area (TPSA) is 35.0 Å². The number of aromatic nitrogens is 2. The number of rotatable bonds is 2. The molecular weight excluding hydrogens is 303 g/mol. The molecule has 0 spiro atoms. The van der Waals surface area contributed by atoms with E-state index in [4.69, 9.17) is 4.74 Å². The summed E-state index contributed by atoms with van der Waals surface area (Å²) in [5, 5.41) is 1.06. The van der Waals surface area contributed by atoms with Crippen LogP contribution in [-0.4, -0.2) is 16.1 Å². The van der Waals surface area contributed by atoms with Crippen LogP contribution < -0.4 is 4.74 Å². The summed E-state index contributed by atoms with van der Waals surface area (Å²) in [4.78, 5) is 8.35. The first-order valence-corrected chi connectivity index (χ1v) is 5.81. The number of hydrogen-bond donors (Lipinski definition) is 0. The molecule has 0 bridgehead atoms. The molecule has 0 atom stereocenters. The van der Waals surface area contributed by atoms with Crippen molar-refractivity contribution in [1.82, 2.24) is 9.97 Å². The van der Waals surface area contributed by atoms with Crippen molar-refractivity contribution in [2.24, 2.45) is 0 Å². The summed E-state index contributed by atoms with van der Waals surface area (Å²) >= 11 is 2.20. The molecule has 15 heavy (non-hydrogen) atoms. The van der Waals surface area contributed by atoms with Crippen LogP contribution in [0.15, 0.2) is 24.5 Å². The van der Waals surface area contributed by atoms with Crippen LogP contribution >= 0.6 is 22.6 Å². The highest BCUT2D eigenvalue weighted by atomic mass is 127. The zero-order chi connectivity index (χ0) is 10.8. The smallest absolute Gasteiger partial charge is 0.121 e. The van der Waals surface area contributed by atoms with Crippen LogP contribution in [0.1, 0.15) is 13.8 Å². The summed E-state index contributed by atoms with van der Waals surface area (Å²) < 4.78 is 6.57. The Kier molecular flexibility index (Phi) is 3.04. The van der Waals surface area contributed by atoms with Gasteiger partial charge in [-0.2, -0.15) is 0 Å². The molecule has 0 amide bonds. The Morgan fingerprint density at radius 3 is 2.80 bits per heavy atom. The van der Waals surface area contributed by atoms with Crippen molar-refractivity contribution in [1.29, 1.82) is 0 Å². The Labute approximate surface area is 102 Å². The lowest BCUT2D eigenvalue weighted by Crippen LogP contribution is -2.05. The van der Waals surface area contributed by atoms with E-state index in [0.717, 1.165) is 20.4 Å². The van der Waals surface area contributed by atoms with E-state index in [0.29, 0.717) is 0 Å². The first-order valence-electron chi connectivity index (χ1n) is 4.74. The third kappa shape index (κ3) is 2.37. The first kappa shape index (κ1) is 10.6. The van der Waals surface area contributed by atoms with Crippen LogP contribution in [0.5, 0.6) is 5.75 Å². The van der Waals surface area contributed by atoms with E-state index in [1.54, 1.807) is 6.33 Å². The van der Waals surface area contributed by atoms with Crippen LogP contribution in [0, 0.1) is 3.70 Å². The van der Waals surface area contributed by atoms with Gasteiger partial charge in [-0.15, -0.1) is 0 Å². The zero-order valence-corrected chi connectivity index (χ0v) is 10.7. The lowest BCUT2D eigenvalue weighted by atomic mass is 10.2. The van der Waals surface area contributed by atoms with E-state index < -0.39 is 0 Å². The van der Waals surface area contributed by atoms with Gasteiger partial charge in [0.15, 0.2) is 0 Å². The second-order valence-corrected chi connectivity index (χ2v) is 4.53. The predicted octanol–water partition coefficient (Wildman–Crippen LogP) is 3.02. The second-order valence-electron chi connectivity index (χ2n) is 3.51. The van der Waals surface area contributed by atoms with Crippen molar-refractivity contribution >= 4 is 33.5 Å². The number of benzene rings is 1. The minimum atomic E-state index is 0.184. The minimum absolute atomic E-state index is 0.184. The molecule has 0 unspecified atom stereocenters. The van der Waals surface area contributed by atoms with Gasteiger partial charge in [-0.1, -0.05) is 0 Å².